The number of benzene rings is 1. The maximum atomic E-state index is 11.6. The number of nitrogen functional groups attached to an aromatic ring is 1. The first-order valence-electron chi connectivity index (χ1n) is 6.21. The molecule has 2 rings (SSSR count). The normalized spacial score (nSPS) is 23.5. The molecule has 6 N–H and O–H groups in total. The largest absolute Gasteiger partial charge is 0.399 e. The third kappa shape index (κ3) is 3.17. The standard InChI is InChI=1S/C12H19N3O3S/c13-9-4-5-11(12(6-9)19(14,17)18)15-10-3-1-2-8(10)7-16/h4-6,8,10,15-16H,1-3,7,13H2,(H2,14,17,18). The van der Waals surface area contributed by atoms with Gasteiger partial charge in [-0.1, -0.05) is 6.42 Å². The number of anilines is 2. The summed E-state index contributed by atoms with van der Waals surface area (Å²) < 4.78 is 23.1. The molecule has 2 unspecified atom stereocenters. The summed E-state index contributed by atoms with van der Waals surface area (Å²) in [5, 5.41) is 17.6. The second kappa shape index (κ2) is 5.36. The second-order valence-electron chi connectivity index (χ2n) is 4.92. The number of nitrogens with two attached hydrogens (primary N) is 2. The Bertz CT molecular complexity index is 559. The van der Waals surface area contributed by atoms with Crippen molar-refractivity contribution in [3.05, 3.63) is 18.2 Å². The monoisotopic (exact) mass is 285 g/mol. The van der Waals surface area contributed by atoms with Crippen molar-refractivity contribution >= 4 is 21.4 Å². The van der Waals surface area contributed by atoms with Crippen LogP contribution in [-0.2, 0) is 10.0 Å². The lowest BCUT2D eigenvalue weighted by atomic mass is 10.0. The zero-order valence-electron chi connectivity index (χ0n) is 10.5. The average molecular weight is 285 g/mol. The third-order valence-electron chi connectivity index (χ3n) is 3.55. The van der Waals surface area contributed by atoms with Crippen LogP contribution in [0, 0.1) is 5.92 Å². The number of rotatable bonds is 4. The number of hydrogen-bond donors (Lipinski definition) is 4. The Labute approximate surface area is 112 Å². The van der Waals surface area contributed by atoms with E-state index in [1.807, 2.05) is 0 Å². The maximum absolute atomic E-state index is 11.6. The van der Waals surface area contributed by atoms with Crippen molar-refractivity contribution in [2.24, 2.45) is 11.1 Å². The van der Waals surface area contributed by atoms with Gasteiger partial charge in [0.25, 0.3) is 0 Å². The Morgan fingerprint density at radius 1 is 1.37 bits per heavy atom. The quantitative estimate of drug-likeness (QED) is 0.600. The molecule has 0 aromatic heterocycles. The van der Waals surface area contributed by atoms with Crippen LogP contribution in [-0.4, -0.2) is 26.2 Å². The van der Waals surface area contributed by atoms with Gasteiger partial charge in [0, 0.05) is 24.3 Å². The molecule has 0 aliphatic heterocycles. The molecule has 0 heterocycles. The van der Waals surface area contributed by atoms with Gasteiger partial charge in [0.05, 0.1) is 5.69 Å². The lowest BCUT2D eigenvalue weighted by molar-refractivity contribution is 0.222. The first-order chi connectivity index (χ1) is 8.91. The molecule has 7 heteroatoms. The first kappa shape index (κ1) is 14.1. The predicted molar refractivity (Wildman–Crippen MR) is 74.1 cm³/mol. The van der Waals surface area contributed by atoms with Gasteiger partial charge in [-0.3, -0.25) is 0 Å². The van der Waals surface area contributed by atoms with Crippen LogP contribution < -0.4 is 16.2 Å². The third-order valence-corrected chi connectivity index (χ3v) is 4.50. The maximum Gasteiger partial charge on any atom is 0.240 e. The lowest BCUT2D eigenvalue weighted by Gasteiger charge is -2.21. The molecular formula is C12H19N3O3S. The van der Waals surface area contributed by atoms with E-state index in [1.165, 1.54) is 6.07 Å². The number of hydrogen-bond acceptors (Lipinski definition) is 5. The van der Waals surface area contributed by atoms with Crippen LogP contribution in [0.2, 0.25) is 0 Å². The van der Waals surface area contributed by atoms with Crippen LogP contribution in [0.3, 0.4) is 0 Å². The minimum Gasteiger partial charge on any atom is -0.399 e. The van der Waals surface area contributed by atoms with Crippen LogP contribution >= 0.6 is 0 Å². The van der Waals surface area contributed by atoms with Crippen molar-refractivity contribution < 1.29 is 13.5 Å². The summed E-state index contributed by atoms with van der Waals surface area (Å²) in [5.74, 6) is 0.144. The van der Waals surface area contributed by atoms with E-state index in [2.05, 4.69) is 5.32 Å². The molecule has 0 amide bonds. The Morgan fingerprint density at radius 3 is 2.74 bits per heavy atom. The topological polar surface area (TPSA) is 118 Å². The summed E-state index contributed by atoms with van der Waals surface area (Å²) >= 11 is 0. The van der Waals surface area contributed by atoms with Gasteiger partial charge in [-0.05, 0) is 31.0 Å². The van der Waals surface area contributed by atoms with Crippen LogP contribution in [0.1, 0.15) is 19.3 Å². The highest BCUT2D eigenvalue weighted by atomic mass is 32.2. The van der Waals surface area contributed by atoms with E-state index in [0.29, 0.717) is 11.4 Å². The van der Waals surface area contributed by atoms with Crippen molar-refractivity contribution in [1.82, 2.24) is 0 Å². The Hall–Kier alpha value is -1.31. The van der Waals surface area contributed by atoms with Crippen molar-refractivity contribution in [3.63, 3.8) is 0 Å². The smallest absolute Gasteiger partial charge is 0.240 e. The van der Waals surface area contributed by atoms with Gasteiger partial charge < -0.3 is 16.2 Å². The van der Waals surface area contributed by atoms with Crippen LogP contribution in [0.5, 0.6) is 0 Å². The minimum atomic E-state index is -3.83. The van der Waals surface area contributed by atoms with Gasteiger partial charge >= 0.3 is 0 Å². The summed E-state index contributed by atoms with van der Waals surface area (Å²) in [5.41, 5.74) is 6.39. The summed E-state index contributed by atoms with van der Waals surface area (Å²) in [6.07, 6.45) is 2.86. The fourth-order valence-electron chi connectivity index (χ4n) is 2.54. The SMILES string of the molecule is Nc1ccc(NC2CCCC2CO)c(S(N)(=O)=O)c1. The number of aliphatic hydroxyl groups is 1. The van der Waals surface area contributed by atoms with E-state index >= 15 is 0 Å². The summed E-state index contributed by atoms with van der Waals surface area (Å²) in [7, 11) is -3.83. The molecule has 1 aliphatic carbocycles. The Balaban J connectivity index is 2.30. The van der Waals surface area contributed by atoms with E-state index in [4.69, 9.17) is 10.9 Å². The molecule has 1 saturated carbocycles. The fourth-order valence-corrected chi connectivity index (χ4v) is 3.27. The summed E-state index contributed by atoms with van der Waals surface area (Å²) in [6, 6.07) is 4.65. The van der Waals surface area contributed by atoms with E-state index in [-0.39, 0.29) is 23.5 Å². The molecule has 0 radical (unpaired) electrons. The van der Waals surface area contributed by atoms with E-state index < -0.39 is 10.0 Å². The van der Waals surface area contributed by atoms with E-state index in [0.717, 1.165) is 19.3 Å². The van der Waals surface area contributed by atoms with Gasteiger partial charge in [-0.15, -0.1) is 0 Å². The zero-order chi connectivity index (χ0) is 14.0. The number of sulfonamides is 1. The van der Waals surface area contributed by atoms with Crippen molar-refractivity contribution in [2.75, 3.05) is 17.7 Å². The van der Waals surface area contributed by atoms with Gasteiger partial charge in [0.1, 0.15) is 4.90 Å². The Kier molecular flexibility index (Phi) is 3.98. The molecule has 1 fully saturated rings. The summed E-state index contributed by atoms with van der Waals surface area (Å²) in [4.78, 5) is -0.00362. The highest BCUT2D eigenvalue weighted by Crippen LogP contribution is 2.31. The molecule has 1 aromatic carbocycles. The van der Waals surface area contributed by atoms with Gasteiger partial charge in [0.15, 0.2) is 0 Å². The molecule has 0 spiro atoms. The van der Waals surface area contributed by atoms with E-state index in [1.54, 1.807) is 12.1 Å². The van der Waals surface area contributed by atoms with Crippen molar-refractivity contribution in [1.29, 1.82) is 0 Å². The molecule has 0 bridgehead atoms. The Morgan fingerprint density at radius 2 is 2.11 bits per heavy atom. The second-order valence-corrected chi connectivity index (χ2v) is 6.45. The molecule has 1 aromatic rings. The number of nitrogens with one attached hydrogen (secondary N) is 1. The number of aliphatic hydroxyl groups excluding tert-OH is 1. The minimum absolute atomic E-state index is 0.00362. The molecule has 2 atom stereocenters. The highest BCUT2D eigenvalue weighted by Gasteiger charge is 2.27. The van der Waals surface area contributed by atoms with Crippen molar-refractivity contribution in [3.8, 4) is 0 Å². The molecule has 106 valence electrons. The molecule has 19 heavy (non-hydrogen) atoms. The number of primary sulfonamides is 1. The first-order valence-corrected chi connectivity index (χ1v) is 7.76. The highest BCUT2D eigenvalue weighted by molar-refractivity contribution is 7.89. The lowest BCUT2D eigenvalue weighted by Crippen LogP contribution is -2.27. The molecule has 1 aliphatic rings. The van der Waals surface area contributed by atoms with Gasteiger partial charge in [-0.2, -0.15) is 0 Å². The predicted octanol–water partition coefficient (Wildman–Crippen LogP) is 0.489. The summed E-state index contributed by atoms with van der Waals surface area (Å²) in [6.45, 7) is 0.0946. The van der Waals surface area contributed by atoms with E-state index in [9.17, 15) is 13.5 Å². The van der Waals surface area contributed by atoms with Gasteiger partial charge in [-0.25, -0.2) is 13.6 Å². The van der Waals surface area contributed by atoms with Crippen molar-refractivity contribution in [2.45, 2.75) is 30.2 Å². The van der Waals surface area contributed by atoms with Gasteiger partial charge in [0.2, 0.25) is 10.0 Å². The van der Waals surface area contributed by atoms with Crippen LogP contribution in [0.4, 0.5) is 11.4 Å². The molecular weight excluding hydrogens is 266 g/mol. The average Bonchev–Trinajstić information content (AvgIpc) is 2.77. The molecule has 6 nitrogen and oxygen atoms in total. The van der Waals surface area contributed by atoms with Crippen LogP contribution in [0.15, 0.2) is 23.1 Å². The zero-order valence-corrected chi connectivity index (χ0v) is 11.4. The molecule has 0 saturated heterocycles. The van der Waals surface area contributed by atoms with Crippen LogP contribution in [0.25, 0.3) is 0 Å². The fraction of sp³-hybridized carbons (Fsp3) is 0.500.